The smallest absolute Gasteiger partial charge is 0.243 e. The Labute approximate surface area is 159 Å². The number of benzene rings is 1. The summed E-state index contributed by atoms with van der Waals surface area (Å²) in [5.74, 6) is 1.44. The van der Waals surface area contributed by atoms with Crippen LogP contribution in [-0.2, 0) is 4.79 Å². The van der Waals surface area contributed by atoms with Crippen molar-refractivity contribution >= 4 is 23.6 Å². The molecule has 0 atom stereocenters. The van der Waals surface area contributed by atoms with Crippen LogP contribution in [0.1, 0.15) is 32.1 Å². The van der Waals surface area contributed by atoms with Gasteiger partial charge < -0.3 is 15.5 Å². The summed E-state index contributed by atoms with van der Waals surface area (Å²) in [6.45, 7) is 0.933. The first-order valence-corrected chi connectivity index (χ1v) is 10.2. The van der Waals surface area contributed by atoms with Crippen LogP contribution < -0.4 is 10.6 Å². The SMILES string of the molecule is CN(C)C(=O)CN=C(NCCCSc1ccc(F)cc1)NC1CCCC1. The molecule has 26 heavy (non-hydrogen) atoms. The zero-order chi connectivity index (χ0) is 18.8. The Bertz CT molecular complexity index is 586. The number of aliphatic imine (C=N–C) groups is 1. The predicted octanol–water partition coefficient (Wildman–Crippen LogP) is 2.87. The summed E-state index contributed by atoms with van der Waals surface area (Å²) >= 11 is 1.71. The number of rotatable bonds is 8. The molecule has 1 aromatic rings. The van der Waals surface area contributed by atoms with Gasteiger partial charge in [0.15, 0.2) is 5.96 Å². The van der Waals surface area contributed by atoms with E-state index >= 15 is 0 Å². The third kappa shape index (κ3) is 7.64. The summed E-state index contributed by atoms with van der Waals surface area (Å²) in [5.41, 5.74) is 0. The summed E-state index contributed by atoms with van der Waals surface area (Å²) in [6.07, 6.45) is 5.76. The molecule has 1 amide bonds. The normalized spacial score (nSPS) is 15.1. The highest BCUT2D eigenvalue weighted by Crippen LogP contribution is 2.19. The minimum absolute atomic E-state index is 0.00983. The number of hydrogen-bond acceptors (Lipinski definition) is 3. The number of nitrogens with zero attached hydrogens (tertiary/aromatic N) is 2. The summed E-state index contributed by atoms with van der Waals surface area (Å²) < 4.78 is 12.9. The third-order valence-corrected chi connectivity index (χ3v) is 5.36. The molecule has 1 saturated carbocycles. The summed E-state index contributed by atoms with van der Waals surface area (Å²) in [7, 11) is 3.48. The Morgan fingerprint density at radius 1 is 1.27 bits per heavy atom. The van der Waals surface area contributed by atoms with Gasteiger partial charge in [0.25, 0.3) is 0 Å². The minimum Gasteiger partial charge on any atom is -0.356 e. The van der Waals surface area contributed by atoms with Gasteiger partial charge in [0.2, 0.25) is 5.91 Å². The van der Waals surface area contributed by atoms with Crippen LogP contribution in [0.2, 0.25) is 0 Å². The Morgan fingerprint density at radius 2 is 1.96 bits per heavy atom. The van der Waals surface area contributed by atoms with Crippen LogP contribution in [0.25, 0.3) is 0 Å². The minimum atomic E-state index is -0.206. The molecule has 1 fully saturated rings. The molecule has 5 nitrogen and oxygen atoms in total. The van der Waals surface area contributed by atoms with E-state index in [2.05, 4.69) is 15.6 Å². The standard InChI is InChI=1S/C19H29FN4OS/c1-24(2)18(25)14-22-19(23-16-6-3-4-7-16)21-12-5-13-26-17-10-8-15(20)9-11-17/h8-11,16H,3-7,12-14H2,1-2H3,(H2,21,22,23). The van der Waals surface area contributed by atoms with Crippen molar-refractivity contribution in [1.29, 1.82) is 0 Å². The second-order valence-corrected chi connectivity index (χ2v) is 7.83. The fourth-order valence-electron chi connectivity index (χ4n) is 2.70. The lowest BCUT2D eigenvalue weighted by molar-refractivity contribution is -0.127. The molecule has 1 aromatic carbocycles. The van der Waals surface area contributed by atoms with Crippen molar-refractivity contribution in [2.24, 2.45) is 4.99 Å². The van der Waals surface area contributed by atoms with Gasteiger partial charge >= 0.3 is 0 Å². The number of carbonyl (C=O) groups excluding carboxylic acids is 1. The van der Waals surface area contributed by atoms with Crippen LogP contribution >= 0.6 is 11.8 Å². The van der Waals surface area contributed by atoms with E-state index in [4.69, 9.17) is 0 Å². The van der Waals surface area contributed by atoms with E-state index in [0.717, 1.165) is 42.4 Å². The number of halogens is 1. The van der Waals surface area contributed by atoms with Gasteiger partial charge in [-0.3, -0.25) is 4.79 Å². The van der Waals surface area contributed by atoms with E-state index in [1.165, 1.54) is 25.0 Å². The Hall–Kier alpha value is -1.76. The van der Waals surface area contributed by atoms with Crippen molar-refractivity contribution in [3.8, 4) is 0 Å². The van der Waals surface area contributed by atoms with E-state index in [-0.39, 0.29) is 18.3 Å². The number of guanidine groups is 1. The number of amides is 1. The van der Waals surface area contributed by atoms with E-state index in [1.807, 2.05) is 0 Å². The fraction of sp³-hybridized carbons (Fsp3) is 0.579. The molecular formula is C19H29FN4OS. The second kappa shape index (κ2) is 11.1. The number of nitrogens with one attached hydrogen (secondary N) is 2. The van der Waals surface area contributed by atoms with Gasteiger partial charge in [-0.2, -0.15) is 0 Å². The molecule has 0 spiro atoms. The first kappa shape index (κ1) is 20.6. The van der Waals surface area contributed by atoms with Crippen LogP contribution in [0.4, 0.5) is 4.39 Å². The molecule has 0 aromatic heterocycles. The predicted molar refractivity (Wildman–Crippen MR) is 106 cm³/mol. The topological polar surface area (TPSA) is 56.7 Å². The van der Waals surface area contributed by atoms with Crippen molar-refractivity contribution in [2.45, 2.75) is 43.0 Å². The molecule has 144 valence electrons. The van der Waals surface area contributed by atoms with Gasteiger partial charge in [-0.1, -0.05) is 12.8 Å². The molecule has 0 unspecified atom stereocenters. The summed E-state index contributed by atoms with van der Waals surface area (Å²) in [6, 6.07) is 7.02. The van der Waals surface area contributed by atoms with Crippen molar-refractivity contribution in [3.63, 3.8) is 0 Å². The van der Waals surface area contributed by atoms with Crippen molar-refractivity contribution < 1.29 is 9.18 Å². The molecule has 1 aliphatic rings. The largest absolute Gasteiger partial charge is 0.356 e. The molecule has 0 bridgehead atoms. The first-order valence-electron chi connectivity index (χ1n) is 9.18. The van der Waals surface area contributed by atoms with Gasteiger partial charge in [-0.05, 0) is 49.3 Å². The second-order valence-electron chi connectivity index (χ2n) is 6.66. The average Bonchev–Trinajstić information content (AvgIpc) is 3.13. The van der Waals surface area contributed by atoms with Gasteiger partial charge in [-0.15, -0.1) is 11.8 Å². The lowest BCUT2D eigenvalue weighted by Gasteiger charge is -2.18. The molecule has 1 aliphatic carbocycles. The van der Waals surface area contributed by atoms with Crippen LogP contribution in [0, 0.1) is 5.82 Å². The maximum Gasteiger partial charge on any atom is 0.243 e. The monoisotopic (exact) mass is 380 g/mol. The molecule has 7 heteroatoms. The third-order valence-electron chi connectivity index (χ3n) is 4.26. The van der Waals surface area contributed by atoms with Crippen LogP contribution in [0.5, 0.6) is 0 Å². The highest BCUT2D eigenvalue weighted by molar-refractivity contribution is 7.99. The number of carbonyl (C=O) groups is 1. The maximum absolute atomic E-state index is 12.9. The average molecular weight is 381 g/mol. The van der Waals surface area contributed by atoms with Crippen molar-refractivity contribution in [2.75, 3.05) is 32.9 Å². The molecular weight excluding hydrogens is 351 g/mol. The summed E-state index contributed by atoms with van der Waals surface area (Å²) in [5, 5.41) is 6.78. The fourth-order valence-corrected chi connectivity index (χ4v) is 3.56. The van der Waals surface area contributed by atoms with Crippen LogP contribution in [0.3, 0.4) is 0 Å². The highest BCUT2D eigenvalue weighted by atomic mass is 32.2. The Morgan fingerprint density at radius 3 is 2.62 bits per heavy atom. The lowest BCUT2D eigenvalue weighted by atomic mass is 10.2. The molecule has 2 rings (SSSR count). The molecule has 0 saturated heterocycles. The molecule has 0 heterocycles. The molecule has 0 radical (unpaired) electrons. The highest BCUT2D eigenvalue weighted by Gasteiger charge is 2.16. The molecule has 2 N–H and O–H groups in total. The number of hydrogen-bond donors (Lipinski definition) is 2. The van der Waals surface area contributed by atoms with Crippen molar-refractivity contribution in [3.05, 3.63) is 30.1 Å². The lowest BCUT2D eigenvalue weighted by Crippen LogP contribution is -2.43. The first-order chi connectivity index (χ1) is 12.5. The van der Waals surface area contributed by atoms with Crippen molar-refractivity contribution in [1.82, 2.24) is 15.5 Å². The van der Waals surface area contributed by atoms with E-state index < -0.39 is 0 Å². The maximum atomic E-state index is 12.9. The number of thioether (sulfide) groups is 1. The van der Waals surface area contributed by atoms with Gasteiger partial charge in [0.05, 0.1) is 0 Å². The zero-order valence-corrected chi connectivity index (χ0v) is 16.4. The van der Waals surface area contributed by atoms with Crippen LogP contribution in [0.15, 0.2) is 34.2 Å². The summed E-state index contributed by atoms with van der Waals surface area (Å²) in [4.78, 5) is 18.8. The number of likely N-dealkylation sites (N-methyl/N-ethyl adjacent to an activating group) is 1. The molecule has 0 aliphatic heterocycles. The van der Waals surface area contributed by atoms with E-state index in [0.29, 0.717) is 6.04 Å². The zero-order valence-electron chi connectivity index (χ0n) is 15.6. The van der Waals surface area contributed by atoms with E-state index in [9.17, 15) is 9.18 Å². The van der Waals surface area contributed by atoms with E-state index in [1.54, 1.807) is 42.9 Å². The van der Waals surface area contributed by atoms with Gasteiger partial charge in [0.1, 0.15) is 12.4 Å². The van der Waals surface area contributed by atoms with Gasteiger partial charge in [0, 0.05) is 31.6 Å². The van der Waals surface area contributed by atoms with Crippen LogP contribution in [-0.4, -0.2) is 55.7 Å². The van der Waals surface area contributed by atoms with Gasteiger partial charge in [-0.25, -0.2) is 9.38 Å². The quantitative estimate of drug-likeness (QED) is 0.315. The Kier molecular flexibility index (Phi) is 8.74. The Balaban J connectivity index is 1.74.